The van der Waals surface area contributed by atoms with Crippen LogP contribution in [0.25, 0.3) is 0 Å². The highest BCUT2D eigenvalue weighted by atomic mass is 15.2. The van der Waals surface area contributed by atoms with Gasteiger partial charge < -0.3 is 15.5 Å². The first-order chi connectivity index (χ1) is 9.52. The standard InChI is InChI=1S/C15H25N5/c1-4-20-9-7-12(8-10-20)19(3)15-13(14(16)17)6-5-11(2)18-15/h5-6,12H,4,7-10H2,1-3H3,(H3,16,17). The van der Waals surface area contributed by atoms with Crippen LogP contribution in [0.1, 0.15) is 31.0 Å². The maximum absolute atomic E-state index is 7.72. The van der Waals surface area contributed by atoms with Crippen molar-refractivity contribution >= 4 is 11.7 Å². The summed E-state index contributed by atoms with van der Waals surface area (Å²) in [5.41, 5.74) is 7.38. The van der Waals surface area contributed by atoms with E-state index in [2.05, 4.69) is 28.8 Å². The quantitative estimate of drug-likeness (QED) is 0.647. The molecule has 1 fully saturated rings. The third kappa shape index (κ3) is 3.10. The highest BCUT2D eigenvalue weighted by Crippen LogP contribution is 2.24. The molecule has 1 saturated heterocycles. The first kappa shape index (κ1) is 14.8. The van der Waals surface area contributed by atoms with Crippen molar-refractivity contribution in [2.75, 3.05) is 31.6 Å². The van der Waals surface area contributed by atoms with Gasteiger partial charge in [-0.25, -0.2) is 4.98 Å². The van der Waals surface area contributed by atoms with Gasteiger partial charge in [-0.15, -0.1) is 0 Å². The van der Waals surface area contributed by atoms with E-state index in [0.29, 0.717) is 6.04 Å². The van der Waals surface area contributed by atoms with Crippen molar-refractivity contribution in [3.05, 3.63) is 23.4 Å². The molecule has 0 saturated carbocycles. The van der Waals surface area contributed by atoms with Gasteiger partial charge in [-0.3, -0.25) is 5.41 Å². The second-order valence-electron chi connectivity index (χ2n) is 5.51. The summed E-state index contributed by atoms with van der Waals surface area (Å²) in [6, 6.07) is 4.29. The van der Waals surface area contributed by atoms with Crippen molar-refractivity contribution in [3.8, 4) is 0 Å². The van der Waals surface area contributed by atoms with Crippen LogP contribution < -0.4 is 10.6 Å². The van der Waals surface area contributed by atoms with E-state index in [1.165, 1.54) is 0 Å². The van der Waals surface area contributed by atoms with E-state index in [0.717, 1.165) is 49.6 Å². The Balaban J connectivity index is 2.18. The average Bonchev–Trinajstić information content (AvgIpc) is 2.46. The first-order valence-electron chi connectivity index (χ1n) is 7.30. The molecule has 0 bridgehead atoms. The monoisotopic (exact) mass is 275 g/mol. The highest BCUT2D eigenvalue weighted by Gasteiger charge is 2.24. The number of hydrogen-bond donors (Lipinski definition) is 2. The van der Waals surface area contributed by atoms with E-state index < -0.39 is 0 Å². The summed E-state index contributed by atoms with van der Waals surface area (Å²) in [6.07, 6.45) is 2.27. The van der Waals surface area contributed by atoms with E-state index in [1.807, 2.05) is 19.1 Å². The van der Waals surface area contributed by atoms with Crippen molar-refractivity contribution in [1.82, 2.24) is 9.88 Å². The lowest BCUT2D eigenvalue weighted by Crippen LogP contribution is -2.44. The van der Waals surface area contributed by atoms with Gasteiger partial charge in [0.25, 0.3) is 0 Å². The largest absolute Gasteiger partial charge is 0.384 e. The maximum Gasteiger partial charge on any atom is 0.139 e. The lowest BCUT2D eigenvalue weighted by molar-refractivity contribution is 0.220. The van der Waals surface area contributed by atoms with Crippen LogP contribution in [0.2, 0.25) is 0 Å². The molecular formula is C15H25N5. The smallest absolute Gasteiger partial charge is 0.139 e. The second-order valence-corrected chi connectivity index (χ2v) is 5.51. The number of rotatable bonds is 4. The van der Waals surface area contributed by atoms with Gasteiger partial charge in [-0.2, -0.15) is 0 Å². The molecule has 0 aliphatic carbocycles. The Labute approximate surface area is 121 Å². The van der Waals surface area contributed by atoms with Gasteiger partial charge in [0.1, 0.15) is 11.7 Å². The van der Waals surface area contributed by atoms with Crippen molar-refractivity contribution in [3.63, 3.8) is 0 Å². The Morgan fingerprint density at radius 3 is 2.65 bits per heavy atom. The number of aromatic nitrogens is 1. The number of anilines is 1. The summed E-state index contributed by atoms with van der Waals surface area (Å²) < 4.78 is 0. The number of nitrogens with zero attached hydrogens (tertiary/aromatic N) is 3. The number of nitrogens with two attached hydrogens (primary N) is 1. The normalized spacial score (nSPS) is 17.1. The Kier molecular flexibility index (Phi) is 4.60. The number of piperidine rings is 1. The van der Waals surface area contributed by atoms with Crippen LogP contribution in [-0.2, 0) is 0 Å². The molecule has 110 valence electrons. The lowest BCUT2D eigenvalue weighted by Gasteiger charge is -2.37. The third-order valence-corrected chi connectivity index (χ3v) is 4.19. The van der Waals surface area contributed by atoms with Crippen LogP contribution in [0.15, 0.2) is 12.1 Å². The number of amidine groups is 1. The van der Waals surface area contributed by atoms with Crippen LogP contribution in [0.4, 0.5) is 5.82 Å². The topological polar surface area (TPSA) is 69.2 Å². The van der Waals surface area contributed by atoms with Crippen molar-refractivity contribution in [1.29, 1.82) is 5.41 Å². The van der Waals surface area contributed by atoms with Gasteiger partial charge in [0.2, 0.25) is 0 Å². The molecule has 0 radical (unpaired) electrons. The average molecular weight is 275 g/mol. The van der Waals surface area contributed by atoms with Crippen molar-refractivity contribution in [2.45, 2.75) is 32.7 Å². The van der Waals surface area contributed by atoms with Crippen molar-refractivity contribution in [2.24, 2.45) is 5.73 Å². The molecule has 2 heterocycles. The van der Waals surface area contributed by atoms with Crippen LogP contribution in [-0.4, -0.2) is 48.4 Å². The molecule has 1 aromatic rings. The summed E-state index contributed by atoms with van der Waals surface area (Å²) in [7, 11) is 2.07. The summed E-state index contributed by atoms with van der Waals surface area (Å²) in [4.78, 5) is 9.28. The summed E-state index contributed by atoms with van der Waals surface area (Å²) in [5, 5.41) is 7.72. The SMILES string of the molecule is CCN1CCC(N(C)c2nc(C)ccc2C(=N)N)CC1. The number of nitrogens with one attached hydrogen (secondary N) is 1. The van der Waals surface area contributed by atoms with Crippen molar-refractivity contribution < 1.29 is 0 Å². The molecule has 20 heavy (non-hydrogen) atoms. The fraction of sp³-hybridized carbons (Fsp3) is 0.600. The van der Waals surface area contributed by atoms with Gasteiger partial charge in [-0.05, 0) is 38.4 Å². The molecule has 1 aliphatic heterocycles. The fourth-order valence-corrected chi connectivity index (χ4v) is 2.82. The molecule has 1 aliphatic rings. The predicted molar refractivity (Wildman–Crippen MR) is 83.5 cm³/mol. The Morgan fingerprint density at radius 2 is 2.10 bits per heavy atom. The third-order valence-electron chi connectivity index (χ3n) is 4.19. The number of nitrogen functional groups attached to an aromatic ring is 1. The minimum absolute atomic E-state index is 0.0883. The van der Waals surface area contributed by atoms with Gasteiger partial charge in [-0.1, -0.05) is 6.92 Å². The Bertz CT molecular complexity index is 477. The van der Waals surface area contributed by atoms with E-state index in [-0.39, 0.29) is 5.84 Å². The summed E-state index contributed by atoms with van der Waals surface area (Å²) in [5.74, 6) is 0.929. The van der Waals surface area contributed by atoms with Gasteiger partial charge >= 0.3 is 0 Å². The van der Waals surface area contributed by atoms with Gasteiger partial charge in [0.15, 0.2) is 0 Å². The van der Waals surface area contributed by atoms with Crippen LogP contribution >= 0.6 is 0 Å². The molecule has 0 amide bonds. The fourth-order valence-electron chi connectivity index (χ4n) is 2.82. The van der Waals surface area contributed by atoms with Crippen LogP contribution in [0.5, 0.6) is 0 Å². The predicted octanol–water partition coefficient (Wildman–Crippen LogP) is 1.59. The minimum atomic E-state index is 0.0883. The van der Waals surface area contributed by atoms with Gasteiger partial charge in [0, 0.05) is 31.9 Å². The molecule has 0 aromatic carbocycles. The minimum Gasteiger partial charge on any atom is -0.384 e. The number of aryl methyl sites for hydroxylation is 1. The molecule has 0 atom stereocenters. The van der Waals surface area contributed by atoms with E-state index in [1.54, 1.807) is 0 Å². The molecule has 0 spiro atoms. The number of likely N-dealkylation sites (tertiary alicyclic amines) is 1. The van der Waals surface area contributed by atoms with E-state index in [4.69, 9.17) is 11.1 Å². The van der Waals surface area contributed by atoms with E-state index in [9.17, 15) is 0 Å². The number of pyridine rings is 1. The molecule has 5 heteroatoms. The van der Waals surface area contributed by atoms with Crippen LogP contribution in [0.3, 0.4) is 0 Å². The summed E-state index contributed by atoms with van der Waals surface area (Å²) in [6.45, 7) is 7.57. The molecule has 0 unspecified atom stereocenters. The molecule has 2 rings (SSSR count). The summed E-state index contributed by atoms with van der Waals surface area (Å²) >= 11 is 0. The first-order valence-corrected chi connectivity index (χ1v) is 7.30. The van der Waals surface area contributed by atoms with Gasteiger partial charge in [0.05, 0.1) is 5.56 Å². The van der Waals surface area contributed by atoms with Crippen LogP contribution in [0, 0.1) is 12.3 Å². The molecule has 1 aromatic heterocycles. The lowest BCUT2D eigenvalue weighted by atomic mass is 10.0. The highest BCUT2D eigenvalue weighted by molar-refractivity contribution is 5.99. The Hall–Kier alpha value is -1.62. The zero-order valence-corrected chi connectivity index (χ0v) is 12.7. The second kappa shape index (κ2) is 6.22. The zero-order chi connectivity index (χ0) is 14.7. The molecular weight excluding hydrogens is 250 g/mol. The zero-order valence-electron chi connectivity index (χ0n) is 12.7. The molecule has 3 N–H and O–H groups in total. The Morgan fingerprint density at radius 1 is 1.45 bits per heavy atom. The number of hydrogen-bond acceptors (Lipinski definition) is 4. The maximum atomic E-state index is 7.72. The van der Waals surface area contributed by atoms with E-state index >= 15 is 0 Å². The molecule has 5 nitrogen and oxygen atoms in total.